The van der Waals surface area contributed by atoms with Crippen molar-refractivity contribution in [1.82, 2.24) is 0 Å². The van der Waals surface area contributed by atoms with Crippen LogP contribution in [-0.4, -0.2) is 5.71 Å². The molecule has 0 N–H and O–H groups in total. The average molecular weight is 324 g/mol. The van der Waals surface area contributed by atoms with E-state index in [0.29, 0.717) is 11.8 Å². The van der Waals surface area contributed by atoms with Crippen molar-refractivity contribution in [3.63, 3.8) is 0 Å². The Hall–Kier alpha value is -1.80. The van der Waals surface area contributed by atoms with Crippen LogP contribution in [0.3, 0.4) is 0 Å². The molecule has 1 nitrogen and oxygen atoms in total. The van der Waals surface area contributed by atoms with Crippen LogP contribution in [-0.2, 0) is 0 Å². The molecule has 0 unspecified atom stereocenters. The Morgan fingerprint density at radius 1 is 0.957 bits per heavy atom. The Morgan fingerprint density at radius 2 is 1.65 bits per heavy atom. The Labute approximate surface area is 145 Å². The molecule has 23 heavy (non-hydrogen) atoms. The molecule has 0 aliphatic carbocycles. The van der Waals surface area contributed by atoms with Gasteiger partial charge in [-0.05, 0) is 41.2 Å². The first-order valence-corrected chi connectivity index (χ1v) is 8.51. The maximum absolute atomic E-state index is 4.99. The fourth-order valence-corrected chi connectivity index (χ4v) is 2.70. The quantitative estimate of drug-likeness (QED) is 0.481. The summed E-state index contributed by atoms with van der Waals surface area (Å²) in [6.07, 6.45) is 0. The molecular weight excluding hydrogens is 298 g/mol. The van der Waals surface area contributed by atoms with Gasteiger partial charge in [-0.15, -0.1) is 12.6 Å². The van der Waals surface area contributed by atoms with Crippen LogP contribution in [0.25, 0.3) is 5.57 Å². The summed E-state index contributed by atoms with van der Waals surface area (Å²) in [5.74, 6) is 0.722. The number of hydrogen-bond donors (Lipinski definition) is 1. The number of aliphatic imine (C=N–C) groups is 1. The summed E-state index contributed by atoms with van der Waals surface area (Å²) in [5.41, 5.74) is 5.43. The number of thiol groups is 1. The van der Waals surface area contributed by atoms with Gasteiger partial charge in [-0.1, -0.05) is 64.6 Å². The lowest BCUT2D eigenvalue weighted by Crippen LogP contribution is -2.09. The predicted molar refractivity (Wildman–Crippen MR) is 105 cm³/mol. The van der Waals surface area contributed by atoms with E-state index in [9.17, 15) is 0 Å². The van der Waals surface area contributed by atoms with Crippen molar-refractivity contribution in [3.05, 3.63) is 66.2 Å². The van der Waals surface area contributed by atoms with E-state index < -0.39 is 0 Å². The van der Waals surface area contributed by atoms with Crippen LogP contribution in [0.2, 0.25) is 0 Å². The average Bonchev–Trinajstić information content (AvgIpc) is 2.51. The van der Waals surface area contributed by atoms with Crippen molar-refractivity contribution in [3.8, 4) is 0 Å². The van der Waals surface area contributed by atoms with Gasteiger partial charge in [0, 0.05) is 10.5 Å². The van der Waals surface area contributed by atoms with Crippen LogP contribution in [0.4, 0.5) is 5.69 Å². The van der Waals surface area contributed by atoms with Gasteiger partial charge in [0.2, 0.25) is 0 Å². The summed E-state index contributed by atoms with van der Waals surface area (Å²) in [6, 6.07) is 16.4. The smallest absolute Gasteiger partial charge is 0.0708 e. The highest BCUT2D eigenvalue weighted by molar-refractivity contribution is 7.80. The number of allylic oxidation sites excluding steroid dienone is 1. The molecule has 0 radical (unpaired) electrons. The molecule has 0 amide bonds. The van der Waals surface area contributed by atoms with E-state index >= 15 is 0 Å². The van der Waals surface area contributed by atoms with Gasteiger partial charge in [0.05, 0.1) is 11.4 Å². The zero-order chi connectivity index (χ0) is 17.0. The van der Waals surface area contributed by atoms with Crippen molar-refractivity contribution in [2.24, 2.45) is 16.8 Å². The molecule has 0 aliphatic heterocycles. The van der Waals surface area contributed by atoms with Gasteiger partial charge in [-0.25, -0.2) is 0 Å². The second-order valence-electron chi connectivity index (χ2n) is 6.40. The monoisotopic (exact) mass is 323 g/mol. The number of hydrogen-bond acceptors (Lipinski definition) is 2. The van der Waals surface area contributed by atoms with E-state index in [0.717, 1.165) is 33.0 Å². The van der Waals surface area contributed by atoms with Gasteiger partial charge in [0.25, 0.3) is 0 Å². The fourth-order valence-electron chi connectivity index (χ4n) is 2.48. The first-order chi connectivity index (χ1) is 10.9. The summed E-state index contributed by atoms with van der Waals surface area (Å²) in [7, 11) is 0. The highest BCUT2D eigenvalue weighted by Gasteiger charge is 2.13. The second kappa shape index (κ2) is 7.65. The van der Waals surface area contributed by atoms with Gasteiger partial charge in [-0.3, -0.25) is 4.99 Å². The first-order valence-electron chi connectivity index (χ1n) is 8.06. The van der Waals surface area contributed by atoms with Gasteiger partial charge in [0.15, 0.2) is 0 Å². The molecule has 2 heteroatoms. The summed E-state index contributed by atoms with van der Waals surface area (Å²) < 4.78 is 0. The second-order valence-corrected chi connectivity index (χ2v) is 6.92. The molecule has 0 aliphatic rings. The van der Waals surface area contributed by atoms with E-state index in [-0.39, 0.29) is 0 Å². The lowest BCUT2D eigenvalue weighted by molar-refractivity contribution is 0.857. The molecule has 0 heterocycles. The highest BCUT2D eigenvalue weighted by atomic mass is 32.1. The minimum atomic E-state index is 0.325. The molecule has 0 saturated heterocycles. The Kier molecular flexibility index (Phi) is 5.84. The van der Waals surface area contributed by atoms with Crippen LogP contribution < -0.4 is 0 Å². The first kappa shape index (κ1) is 17.6. The SMILES string of the molecule is C=C(c1ccccc1N=C(c1cccc(S)c1)C(C)C)C(C)C. The molecule has 0 aromatic heterocycles. The maximum Gasteiger partial charge on any atom is 0.0708 e. The van der Waals surface area contributed by atoms with Crippen molar-refractivity contribution >= 4 is 29.6 Å². The molecule has 2 aromatic carbocycles. The number of nitrogens with zero attached hydrogens (tertiary/aromatic N) is 1. The van der Waals surface area contributed by atoms with Crippen molar-refractivity contribution in [2.45, 2.75) is 32.6 Å². The highest BCUT2D eigenvalue weighted by Crippen LogP contribution is 2.31. The topological polar surface area (TPSA) is 12.4 Å². The summed E-state index contributed by atoms with van der Waals surface area (Å²) in [5, 5.41) is 0. The molecule has 0 spiro atoms. The van der Waals surface area contributed by atoms with Crippen LogP contribution >= 0.6 is 12.6 Å². The Morgan fingerprint density at radius 3 is 2.26 bits per heavy atom. The molecule has 120 valence electrons. The predicted octanol–water partition coefficient (Wildman–Crippen LogP) is 6.42. The van der Waals surface area contributed by atoms with Crippen molar-refractivity contribution < 1.29 is 0 Å². The molecule has 0 bridgehead atoms. The van der Waals surface area contributed by atoms with E-state index in [1.807, 2.05) is 24.3 Å². The fraction of sp³-hybridized carbons (Fsp3) is 0.286. The van der Waals surface area contributed by atoms with E-state index in [1.165, 1.54) is 0 Å². The van der Waals surface area contributed by atoms with Gasteiger partial charge < -0.3 is 0 Å². The van der Waals surface area contributed by atoms with Crippen LogP contribution in [0.1, 0.15) is 38.8 Å². The normalized spacial score (nSPS) is 12.0. The van der Waals surface area contributed by atoms with E-state index in [4.69, 9.17) is 4.99 Å². The standard InChI is InChI=1S/C21H25NS/c1-14(2)16(5)19-11-6-7-12-20(19)22-21(15(3)4)17-9-8-10-18(23)13-17/h6-15,23H,5H2,1-4H3. The number of benzene rings is 2. The molecule has 0 saturated carbocycles. The lowest BCUT2D eigenvalue weighted by Gasteiger charge is -2.15. The van der Waals surface area contributed by atoms with Crippen molar-refractivity contribution in [1.29, 1.82) is 0 Å². The molecule has 2 aromatic rings. The van der Waals surface area contributed by atoms with Crippen LogP contribution in [0.15, 0.2) is 65.0 Å². The zero-order valence-corrected chi connectivity index (χ0v) is 15.3. The minimum absolute atomic E-state index is 0.325. The van der Waals surface area contributed by atoms with Gasteiger partial charge in [0.1, 0.15) is 0 Å². The Bertz CT molecular complexity index is 726. The molecule has 2 rings (SSSR count). The zero-order valence-electron chi connectivity index (χ0n) is 14.4. The molecule has 0 atom stereocenters. The van der Waals surface area contributed by atoms with Crippen molar-refractivity contribution in [2.75, 3.05) is 0 Å². The number of para-hydroxylation sites is 1. The third-order valence-electron chi connectivity index (χ3n) is 3.88. The third kappa shape index (κ3) is 4.35. The maximum atomic E-state index is 4.99. The summed E-state index contributed by atoms with van der Waals surface area (Å²) in [4.78, 5) is 5.95. The number of rotatable bonds is 5. The Balaban J connectivity index is 2.55. The minimum Gasteiger partial charge on any atom is -0.252 e. The van der Waals surface area contributed by atoms with E-state index in [1.54, 1.807) is 0 Å². The third-order valence-corrected chi connectivity index (χ3v) is 4.15. The summed E-state index contributed by atoms with van der Waals surface area (Å²) >= 11 is 4.45. The van der Waals surface area contributed by atoms with E-state index in [2.05, 4.69) is 71.2 Å². The lowest BCUT2D eigenvalue weighted by atomic mass is 9.95. The van der Waals surface area contributed by atoms with Gasteiger partial charge >= 0.3 is 0 Å². The molecule has 0 fully saturated rings. The largest absolute Gasteiger partial charge is 0.252 e. The van der Waals surface area contributed by atoms with Gasteiger partial charge in [-0.2, -0.15) is 0 Å². The molecular formula is C21H25NS. The van der Waals surface area contributed by atoms with Crippen LogP contribution in [0.5, 0.6) is 0 Å². The van der Waals surface area contributed by atoms with Crippen LogP contribution in [0, 0.1) is 11.8 Å². The summed E-state index contributed by atoms with van der Waals surface area (Å²) in [6.45, 7) is 12.9.